The van der Waals surface area contributed by atoms with Gasteiger partial charge in [0.2, 0.25) is 0 Å². The third-order valence-electron chi connectivity index (χ3n) is 3.37. The van der Waals surface area contributed by atoms with Crippen LogP contribution in [0, 0.1) is 10.1 Å². The Bertz CT molecular complexity index is 645. The maximum atomic E-state index is 10.8. The van der Waals surface area contributed by atoms with Gasteiger partial charge in [-0.2, -0.15) is 0 Å². The van der Waals surface area contributed by atoms with E-state index in [1.54, 1.807) is 12.1 Å². The zero-order chi connectivity index (χ0) is 13.9. The average molecular weight is 286 g/mol. The Morgan fingerprint density at radius 3 is 2.95 bits per heavy atom. The molecule has 102 valence electrons. The molecule has 0 saturated heterocycles. The number of benzene rings is 2. The highest BCUT2D eigenvalue weighted by molar-refractivity contribution is 7.99. The van der Waals surface area contributed by atoms with E-state index in [2.05, 4.69) is 23.5 Å². The van der Waals surface area contributed by atoms with Gasteiger partial charge in [-0.1, -0.05) is 30.3 Å². The van der Waals surface area contributed by atoms with E-state index in [1.165, 1.54) is 16.5 Å². The fraction of sp³-hybridized carbons (Fsp3) is 0.200. The first-order chi connectivity index (χ1) is 9.74. The van der Waals surface area contributed by atoms with Crippen molar-refractivity contribution < 1.29 is 4.92 Å². The van der Waals surface area contributed by atoms with Gasteiger partial charge >= 0.3 is 0 Å². The summed E-state index contributed by atoms with van der Waals surface area (Å²) in [4.78, 5) is 11.7. The normalized spacial score (nSPS) is 16.9. The van der Waals surface area contributed by atoms with Crippen molar-refractivity contribution in [1.82, 2.24) is 5.32 Å². The van der Waals surface area contributed by atoms with Crippen molar-refractivity contribution in [2.45, 2.75) is 17.5 Å². The second-order valence-corrected chi connectivity index (χ2v) is 5.77. The lowest BCUT2D eigenvalue weighted by atomic mass is 10.1. The third-order valence-corrected chi connectivity index (χ3v) is 4.56. The van der Waals surface area contributed by atoms with Crippen LogP contribution in [0.3, 0.4) is 0 Å². The Morgan fingerprint density at radius 1 is 1.25 bits per heavy atom. The molecule has 1 aliphatic rings. The molecule has 0 fully saturated rings. The molecular weight excluding hydrogens is 272 g/mol. The minimum atomic E-state index is -0.357. The molecule has 20 heavy (non-hydrogen) atoms. The maximum Gasteiger partial charge on any atom is 0.269 e. The van der Waals surface area contributed by atoms with Crippen LogP contribution in [0.1, 0.15) is 17.2 Å². The molecule has 4 nitrogen and oxygen atoms in total. The summed E-state index contributed by atoms with van der Waals surface area (Å²) in [5, 5.41) is 14.2. The molecule has 1 N–H and O–H groups in total. The van der Waals surface area contributed by atoms with Crippen molar-refractivity contribution in [1.29, 1.82) is 0 Å². The van der Waals surface area contributed by atoms with Crippen LogP contribution >= 0.6 is 11.8 Å². The molecule has 1 heterocycles. The summed E-state index contributed by atoms with van der Waals surface area (Å²) in [6.45, 7) is 0.640. The highest BCUT2D eigenvalue weighted by atomic mass is 32.2. The molecule has 0 spiro atoms. The summed E-state index contributed by atoms with van der Waals surface area (Å²) in [6, 6.07) is 15.5. The monoisotopic (exact) mass is 286 g/mol. The predicted molar refractivity (Wildman–Crippen MR) is 79.8 cm³/mol. The molecule has 0 radical (unpaired) electrons. The number of non-ortho nitro benzene ring substituents is 1. The quantitative estimate of drug-likeness (QED) is 0.690. The first-order valence-corrected chi connectivity index (χ1v) is 7.41. The largest absolute Gasteiger partial charge is 0.305 e. The smallest absolute Gasteiger partial charge is 0.269 e. The Morgan fingerprint density at radius 2 is 2.10 bits per heavy atom. The van der Waals surface area contributed by atoms with Gasteiger partial charge in [0.1, 0.15) is 0 Å². The molecule has 0 bridgehead atoms. The number of nitrogens with one attached hydrogen (secondary N) is 1. The maximum absolute atomic E-state index is 10.8. The average Bonchev–Trinajstić information content (AvgIpc) is 2.89. The molecule has 0 saturated carbocycles. The number of nitro groups is 1. The van der Waals surface area contributed by atoms with Crippen molar-refractivity contribution in [3.8, 4) is 0 Å². The summed E-state index contributed by atoms with van der Waals surface area (Å²) in [6.07, 6.45) is 0. The minimum absolute atomic E-state index is 0.144. The van der Waals surface area contributed by atoms with Gasteiger partial charge in [-0.3, -0.25) is 10.1 Å². The number of hydrogen-bond donors (Lipinski definition) is 1. The highest BCUT2D eigenvalue weighted by Gasteiger charge is 2.21. The van der Waals surface area contributed by atoms with Gasteiger partial charge in [-0.05, 0) is 17.2 Å². The number of thioether (sulfide) groups is 1. The Labute approximate surface area is 121 Å². The van der Waals surface area contributed by atoms with E-state index in [4.69, 9.17) is 0 Å². The van der Waals surface area contributed by atoms with Gasteiger partial charge in [0.15, 0.2) is 0 Å². The molecule has 0 aromatic heterocycles. The summed E-state index contributed by atoms with van der Waals surface area (Å²) < 4.78 is 0. The second-order valence-electron chi connectivity index (χ2n) is 4.71. The van der Waals surface area contributed by atoms with Crippen molar-refractivity contribution in [3.63, 3.8) is 0 Å². The lowest BCUT2D eigenvalue weighted by Crippen LogP contribution is -2.20. The van der Waals surface area contributed by atoms with Gasteiger partial charge in [0, 0.05) is 35.4 Å². The molecule has 2 aromatic carbocycles. The molecule has 0 aliphatic carbocycles. The molecular formula is C15H14N2O2S. The van der Waals surface area contributed by atoms with E-state index < -0.39 is 0 Å². The van der Waals surface area contributed by atoms with Crippen molar-refractivity contribution in [3.05, 3.63) is 69.8 Å². The summed E-state index contributed by atoms with van der Waals surface area (Å²) in [5.74, 6) is 1.01. The van der Waals surface area contributed by atoms with Crippen molar-refractivity contribution in [2.24, 2.45) is 0 Å². The van der Waals surface area contributed by atoms with Crippen molar-refractivity contribution >= 4 is 17.4 Å². The Kier molecular flexibility index (Phi) is 3.71. The van der Waals surface area contributed by atoms with Gasteiger partial charge < -0.3 is 5.32 Å². The van der Waals surface area contributed by atoms with Crippen LogP contribution in [0.4, 0.5) is 5.69 Å². The van der Waals surface area contributed by atoms with Gasteiger partial charge in [-0.15, -0.1) is 11.8 Å². The van der Waals surface area contributed by atoms with Crippen LogP contribution in [0.2, 0.25) is 0 Å². The van der Waals surface area contributed by atoms with Crippen LogP contribution in [-0.4, -0.2) is 10.7 Å². The van der Waals surface area contributed by atoms with Crippen LogP contribution in [-0.2, 0) is 6.54 Å². The van der Waals surface area contributed by atoms with Crippen LogP contribution in [0.5, 0.6) is 0 Å². The lowest BCUT2D eigenvalue weighted by molar-refractivity contribution is -0.384. The third kappa shape index (κ3) is 2.69. The number of nitro benzene ring substituents is 1. The van der Waals surface area contributed by atoms with E-state index in [0.29, 0.717) is 12.6 Å². The molecule has 2 aromatic rings. The number of hydrogen-bond acceptors (Lipinski definition) is 4. The number of nitrogens with zero attached hydrogens (tertiary/aromatic N) is 1. The zero-order valence-electron chi connectivity index (χ0n) is 10.8. The topological polar surface area (TPSA) is 55.2 Å². The number of rotatable bonds is 4. The zero-order valence-corrected chi connectivity index (χ0v) is 11.6. The fourth-order valence-electron chi connectivity index (χ4n) is 2.35. The highest BCUT2D eigenvalue weighted by Crippen LogP contribution is 2.37. The first kappa shape index (κ1) is 13.1. The fourth-order valence-corrected chi connectivity index (χ4v) is 3.55. The van der Waals surface area contributed by atoms with Gasteiger partial charge in [0.05, 0.1) is 4.92 Å². The molecule has 1 atom stereocenters. The SMILES string of the molecule is O=[N+]([O-])c1cccc(CNC2CSc3ccccc32)c1. The van der Waals surface area contributed by atoms with E-state index >= 15 is 0 Å². The van der Waals surface area contributed by atoms with Crippen LogP contribution in [0.25, 0.3) is 0 Å². The standard InChI is InChI=1S/C15H14N2O2S/c18-17(19)12-5-3-4-11(8-12)9-16-14-10-20-15-7-2-1-6-13(14)15/h1-8,14,16H,9-10H2. The summed E-state index contributed by atoms with van der Waals surface area (Å²) in [5.41, 5.74) is 2.40. The van der Waals surface area contributed by atoms with Gasteiger partial charge in [-0.25, -0.2) is 0 Å². The van der Waals surface area contributed by atoms with E-state index in [1.807, 2.05) is 23.9 Å². The summed E-state index contributed by atoms with van der Waals surface area (Å²) in [7, 11) is 0. The lowest BCUT2D eigenvalue weighted by Gasteiger charge is -2.13. The van der Waals surface area contributed by atoms with E-state index in [0.717, 1.165) is 11.3 Å². The Hall–Kier alpha value is -1.85. The number of fused-ring (bicyclic) bond motifs is 1. The molecule has 3 rings (SSSR count). The Balaban J connectivity index is 1.69. The second kappa shape index (κ2) is 5.64. The molecule has 1 unspecified atom stereocenters. The van der Waals surface area contributed by atoms with Crippen molar-refractivity contribution in [2.75, 3.05) is 5.75 Å². The van der Waals surface area contributed by atoms with Gasteiger partial charge in [0.25, 0.3) is 5.69 Å². The predicted octanol–water partition coefficient (Wildman–Crippen LogP) is 3.53. The van der Waals surface area contributed by atoms with Crippen LogP contribution in [0.15, 0.2) is 53.4 Å². The summed E-state index contributed by atoms with van der Waals surface area (Å²) >= 11 is 1.85. The van der Waals surface area contributed by atoms with E-state index in [9.17, 15) is 10.1 Å². The first-order valence-electron chi connectivity index (χ1n) is 6.42. The molecule has 1 aliphatic heterocycles. The molecule has 0 amide bonds. The molecule has 5 heteroatoms. The van der Waals surface area contributed by atoms with Crippen LogP contribution < -0.4 is 5.32 Å². The van der Waals surface area contributed by atoms with E-state index in [-0.39, 0.29) is 10.6 Å². The minimum Gasteiger partial charge on any atom is -0.305 e.